The molecule has 1 aromatic heterocycles. The van der Waals surface area contributed by atoms with Crippen LogP contribution in [0.1, 0.15) is 23.7 Å². The Morgan fingerprint density at radius 2 is 2.27 bits per heavy atom. The average molecular weight is 315 g/mol. The summed E-state index contributed by atoms with van der Waals surface area (Å²) < 4.78 is 5.65. The zero-order valence-electron chi connectivity index (χ0n) is 12.5. The molecule has 1 aromatic carbocycles. The number of nitrogens with one attached hydrogen (secondary N) is 1. The fourth-order valence-electron chi connectivity index (χ4n) is 1.94. The van der Waals surface area contributed by atoms with Gasteiger partial charge in [0.1, 0.15) is 17.4 Å². The van der Waals surface area contributed by atoms with Gasteiger partial charge >= 0.3 is 0 Å². The van der Waals surface area contributed by atoms with E-state index in [2.05, 4.69) is 9.97 Å². The highest BCUT2D eigenvalue weighted by molar-refractivity contribution is 7.99. The molecule has 5 nitrogen and oxygen atoms in total. The minimum Gasteiger partial charge on any atom is -0.493 e. The summed E-state index contributed by atoms with van der Waals surface area (Å²) in [7, 11) is 0. The molecule has 0 amide bonds. The van der Waals surface area contributed by atoms with Crippen LogP contribution in [0.3, 0.4) is 0 Å². The highest BCUT2D eigenvalue weighted by Gasteiger charge is 2.09. The van der Waals surface area contributed by atoms with Gasteiger partial charge in [-0.2, -0.15) is 5.26 Å². The molecule has 2 rings (SSSR count). The Kier molecular flexibility index (Phi) is 5.61. The maximum absolute atomic E-state index is 11.8. The lowest BCUT2D eigenvalue weighted by Gasteiger charge is -2.07. The molecule has 0 bridgehead atoms. The van der Waals surface area contributed by atoms with Crippen LogP contribution in [0.15, 0.2) is 34.2 Å². The molecule has 114 valence electrons. The molecule has 22 heavy (non-hydrogen) atoms. The zero-order chi connectivity index (χ0) is 15.9. The van der Waals surface area contributed by atoms with Gasteiger partial charge in [0.25, 0.3) is 5.56 Å². The molecule has 0 unspecified atom stereocenters. The van der Waals surface area contributed by atoms with Crippen molar-refractivity contribution in [3.63, 3.8) is 0 Å². The molecular weight excluding hydrogens is 298 g/mol. The maximum Gasteiger partial charge on any atom is 0.269 e. The van der Waals surface area contributed by atoms with Crippen LogP contribution in [-0.2, 0) is 6.42 Å². The second-order valence-electron chi connectivity index (χ2n) is 4.67. The van der Waals surface area contributed by atoms with E-state index in [9.17, 15) is 4.79 Å². The maximum atomic E-state index is 11.8. The number of ether oxygens (including phenoxy) is 1. The number of nitrogens with zero attached hydrogens (tertiary/aromatic N) is 2. The van der Waals surface area contributed by atoms with Crippen LogP contribution < -0.4 is 10.3 Å². The van der Waals surface area contributed by atoms with Crippen LogP contribution in [0.25, 0.3) is 0 Å². The molecule has 2 aromatic rings. The van der Waals surface area contributed by atoms with Gasteiger partial charge in [-0.15, -0.1) is 0 Å². The molecule has 0 aliphatic carbocycles. The fourth-order valence-corrected chi connectivity index (χ4v) is 2.64. The summed E-state index contributed by atoms with van der Waals surface area (Å²) in [5.41, 5.74) is 1.41. The summed E-state index contributed by atoms with van der Waals surface area (Å²) in [6, 6.07) is 9.74. The number of hydrogen-bond acceptors (Lipinski definition) is 5. The normalized spacial score (nSPS) is 10.2. The zero-order valence-corrected chi connectivity index (χ0v) is 13.4. The van der Waals surface area contributed by atoms with Crippen LogP contribution in [0.2, 0.25) is 0 Å². The van der Waals surface area contributed by atoms with Gasteiger partial charge in [0, 0.05) is 5.75 Å². The van der Waals surface area contributed by atoms with E-state index in [0.29, 0.717) is 29.6 Å². The molecule has 0 aliphatic rings. The van der Waals surface area contributed by atoms with Gasteiger partial charge in [0.05, 0.1) is 12.3 Å². The number of rotatable bonds is 6. The van der Waals surface area contributed by atoms with Crippen molar-refractivity contribution in [1.82, 2.24) is 9.97 Å². The van der Waals surface area contributed by atoms with Crippen LogP contribution in [0.4, 0.5) is 0 Å². The van der Waals surface area contributed by atoms with Crippen molar-refractivity contribution >= 4 is 11.8 Å². The first-order valence-electron chi connectivity index (χ1n) is 6.99. The van der Waals surface area contributed by atoms with Gasteiger partial charge in [0.2, 0.25) is 0 Å². The van der Waals surface area contributed by atoms with Crippen molar-refractivity contribution in [3.05, 3.63) is 51.4 Å². The standard InChI is InChI=1S/C16H17N3O2S/c1-3-14-13(10-17)15(20)19-16(18-14)22-8-7-21-12-6-4-5-11(2)9-12/h4-6,9H,3,7-8H2,1-2H3,(H,18,19,20). The second kappa shape index (κ2) is 7.66. The van der Waals surface area contributed by atoms with E-state index in [4.69, 9.17) is 10.00 Å². The second-order valence-corrected chi connectivity index (χ2v) is 5.76. The van der Waals surface area contributed by atoms with Gasteiger partial charge < -0.3 is 9.72 Å². The minimum absolute atomic E-state index is 0.0999. The summed E-state index contributed by atoms with van der Waals surface area (Å²) in [5, 5.41) is 9.47. The molecule has 0 fully saturated rings. The van der Waals surface area contributed by atoms with Crippen molar-refractivity contribution in [2.45, 2.75) is 25.4 Å². The third-order valence-electron chi connectivity index (χ3n) is 3.00. The third kappa shape index (κ3) is 4.12. The molecule has 0 spiro atoms. The van der Waals surface area contributed by atoms with Gasteiger partial charge in [-0.25, -0.2) is 4.98 Å². The van der Waals surface area contributed by atoms with E-state index >= 15 is 0 Å². The SMILES string of the molecule is CCc1nc(SCCOc2cccc(C)c2)[nH]c(=O)c1C#N. The van der Waals surface area contributed by atoms with Crippen LogP contribution in [-0.4, -0.2) is 22.3 Å². The highest BCUT2D eigenvalue weighted by Crippen LogP contribution is 2.15. The number of thioether (sulfide) groups is 1. The van der Waals surface area contributed by atoms with Crippen LogP contribution in [0, 0.1) is 18.3 Å². The first-order valence-corrected chi connectivity index (χ1v) is 7.98. The van der Waals surface area contributed by atoms with E-state index in [1.54, 1.807) is 0 Å². The number of aryl methyl sites for hydroxylation is 2. The summed E-state index contributed by atoms with van der Waals surface area (Å²) >= 11 is 1.41. The quantitative estimate of drug-likeness (QED) is 0.504. The van der Waals surface area contributed by atoms with Crippen molar-refractivity contribution in [3.8, 4) is 11.8 Å². The molecule has 0 aliphatic heterocycles. The number of aromatic amines is 1. The van der Waals surface area contributed by atoms with Gasteiger partial charge in [-0.1, -0.05) is 30.8 Å². The lowest BCUT2D eigenvalue weighted by molar-refractivity contribution is 0.343. The number of nitriles is 1. The molecule has 0 atom stereocenters. The molecule has 0 radical (unpaired) electrons. The summed E-state index contributed by atoms with van der Waals surface area (Å²) in [6.07, 6.45) is 0.556. The largest absolute Gasteiger partial charge is 0.493 e. The number of aromatic nitrogens is 2. The fraction of sp³-hybridized carbons (Fsp3) is 0.312. The summed E-state index contributed by atoms with van der Waals surface area (Å²) in [4.78, 5) is 18.7. The summed E-state index contributed by atoms with van der Waals surface area (Å²) in [5.74, 6) is 1.49. The predicted molar refractivity (Wildman–Crippen MR) is 86.3 cm³/mol. The Bertz CT molecular complexity index is 750. The van der Waals surface area contributed by atoms with Crippen molar-refractivity contribution in [2.75, 3.05) is 12.4 Å². The molecular formula is C16H17N3O2S. The molecule has 0 saturated carbocycles. The lowest BCUT2D eigenvalue weighted by Crippen LogP contribution is -2.16. The topological polar surface area (TPSA) is 78.8 Å². The molecule has 0 saturated heterocycles. The van der Waals surface area contributed by atoms with Gasteiger partial charge in [-0.3, -0.25) is 4.79 Å². The number of hydrogen-bond donors (Lipinski definition) is 1. The van der Waals surface area contributed by atoms with E-state index in [-0.39, 0.29) is 11.1 Å². The average Bonchev–Trinajstić information content (AvgIpc) is 2.51. The highest BCUT2D eigenvalue weighted by atomic mass is 32.2. The Hall–Kier alpha value is -2.26. The minimum atomic E-state index is -0.378. The van der Waals surface area contributed by atoms with Crippen LogP contribution >= 0.6 is 11.8 Å². The van der Waals surface area contributed by atoms with Crippen LogP contribution in [0.5, 0.6) is 5.75 Å². The van der Waals surface area contributed by atoms with E-state index in [1.807, 2.05) is 44.2 Å². The molecule has 1 heterocycles. The molecule has 1 N–H and O–H groups in total. The lowest BCUT2D eigenvalue weighted by atomic mass is 10.2. The summed E-state index contributed by atoms with van der Waals surface area (Å²) in [6.45, 7) is 4.40. The van der Waals surface area contributed by atoms with Crippen molar-refractivity contribution in [1.29, 1.82) is 5.26 Å². The van der Waals surface area contributed by atoms with E-state index in [0.717, 1.165) is 11.3 Å². The van der Waals surface area contributed by atoms with E-state index < -0.39 is 0 Å². The smallest absolute Gasteiger partial charge is 0.269 e. The number of benzene rings is 1. The van der Waals surface area contributed by atoms with Gasteiger partial charge in [-0.05, 0) is 31.0 Å². The first kappa shape index (κ1) is 16.1. The predicted octanol–water partition coefficient (Wildman–Crippen LogP) is 2.68. The number of H-pyrrole nitrogens is 1. The molecule has 6 heteroatoms. The Balaban J connectivity index is 1.94. The van der Waals surface area contributed by atoms with Gasteiger partial charge in [0.15, 0.2) is 5.16 Å². The van der Waals surface area contributed by atoms with Crippen molar-refractivity contribution in [2.24, 2.45) is 0 Å². The first-order chi connectivity index (χ1) is 10.6. The Morgan fingerprint density at radius 1 is 1.45 bits per heavy atom. The third-order valence-corrected chi connectivity index (χ3v) is 3.84. The monoisotopic (exact) mass is 315 g/mol. The Labute approximate surface area is 133 Å². The Morgan fingerprint density at radius 3 is 2.95 bits per heavy atom. The van der Waals surface area contributed by atoms with Crippen molar-refractivity contribution < 1.29 is 4.74 Å². The van der Waals surface area contributed by atoms with E-state index in [1.165, 1.54) is 11.8 Å².